The van der Waals surface area contributed by atoms with Gasteiger partial charge in [-0.25, -0.2) is 0 Å². The maximum absolute atomic E-state index is 8.92. The van der Waals surface area contributed by atoms with Gasteiger partial charge in [-0.1, -0.05) is 25.3 Å². The number of anilines is 1. The summed E-state index contributed by atoms with van der Waals surface area (Å²) >= 11 is 0. The molecule has 4 nitrogen and oxygen atoms in total. The number of nitrogens with zero attached hydrogens (tertiary/aromatic N) is 3. The summed E-state index contributed by atoms with van der Waals surface area (Å²) in [6.07, 6.45) is 10.7. The maximum Gasteiger partial charge on any atom is 0.101 e. The fourth-order valence-corrected chi connectivity index (χ4v) is 3.09. The third-order valence-corrected chi connectivity index (χ3v) is 4.31. The van der Waals surface area contributed by atoms with Gasteiger partial charge >= 0.3 is 0 Å². The minimum atomic E-state index is 0.522. The predicted octanol–water partition coefficient (Wildman–Crippen LogP) is 3.58. The molecular formula is C17H20N4. The zero-order valence-corrected chi connectivity index (χ0v) is 12.1. The van der Waals surface area contributed by atoms with E-state index >= 15 is 0 Å². The average Bonchev–Trinajstić information content (AvgIpc) is 2.97. The summed E-state index contributed by atoms with van der Waals surface area (Å²) in [4.78, 5) is 0. The first-order valence-electron chi connectivity index (χ1n) is 7.59. The van der Waals surface area contributed by atoms with Crippen molar-refractivity contribution in [2.45, 2.75) is 38.6 Å². The van der Waals surface area contributed by atoms with Crippen LogP contribution in [0.4, 0.5) is 5.69 Å². The number of hydrogen-bond acceptors (Lipinski definition) is 3. The first kappa shape index (κ1) is 13.7. The highest BCUT2D eigenvalue weighted by atomic mass is 15.3. The summed E-state index contributed by atoms with van der Waals surface area (Å²) in [5.41, 5.74) is 8.99. The van der Waals surface area contributed by atoms with Crippen LogP contribution < -0.4 is 5.73 Å². The van der Waals surface area contributed by atoms with Crippen molar-refractivity contribution >= 4 is 5.69 Å². The molecule has 4 heteroatoms. The first-order chi connectivity index (χ1) is 10.3. The third-order valence-electron chi connectivity index (χ3n) is 4.31. The van der Waals surface area contributed by atoms with E-state index in [2.05, 4.69) is 17.4 Å². The number of aromatic nitrogens is 2. The normalized spacial score (nSPS) is 15.8. The Bertz CT molecular complexity index is 660. The molecule has 2 aromatic rings. The van der Waals surface area contributed by atoms with Crippen LogP contribution >= 0.6 is 0 Å². The van der Waals surface area contributed by atoms with E-state index in [1.807, 2.05) is 23.0 Å². The highest BCUT2D eigenvalue weighted by Gasteiger charge is 2.14. The average molecular weight is 280 g/mol. The van der Waals surface area contributed by atoms with Gasteiger partial charge in [-0.3, -0.25) is 4.68 Å². The van der Waals surface area contributed by atoms with E-state index in [0.717, 1.165) is 23.6 Å². The second-order valence-corrected chi connectivity index (χ2v) is 5.87. The van der Waals surface area contributed by atoms with Gasteiger partial charge in [0.25, 0.3) is 0 Å². The third kappa shape index (κ3) is 3.08. The van der Waals surface area contributed by atoms with Crippen molar-refractivity contribution in [3.05, 3.63) is 36.2 Å². The molecule has 108 valence electrons. The summed E-state index contributed by atoms with van der Waals surface area (Å²) < 4.78 is 2.04. The van der Waals surface area contributed by atoms with Gasteiger partial charge in [-0.15, -0.1) is 0 Å². The number of nitriles is 1. The molecule has 2 N–H and O–H groups in total. The van der Waals surface area contributed by atoms with Crippen LogP contribution in [0.25, 0.3) is 11.1 Å². The van der Waals surface area contributed by atoms with Gasteiger partial charge in [0.1, 0.15) is 6.07 Å². The van der Waals surface area contributed by atoms with Gasteiger partial charge in [0, 0.05) is 18.3 Å². The maximum atomic E-state index is 8.92. The molecule has 1 heterocycles. The van der Waals surface area contributed by atoms with Crippen molar-refractivity contribution in [1.82, 2.24) is 9.78 Å². The SMILES string of the molecule is N#Cc1ccc(-c2cnn(CC3CCCCC3)c2)cc1N. The Morgan fingerprint density at radius 2 is 2.05 bits per heavy atom. The quantitative estimate of drug-likeness (QED) is 0.874. The lowest BCUT2D eigenvalue weighted by Crippen LogP contribution is -2.14. The topological polar surface area (TPSA) is 67.6 Å². The van der Waals surface area contributed by atoms with E-state index in [9.17, 15) is 0 Å². The van der Waals surface area contributed by atoms with E-state index in [1.54, 1.807) is 6.07 Å². The van der Waals surface area contributed by atoms with E-state index in [4.69, 9.17) is 11.0 Å². The molecule has 1 aliphatic carbocycles. The van der Waals surface area contributed by atoms with Crippen LogP contribution in [0.2, 0.25) is 0 Å². The Balaban J connectivity index is 1.75. The molecule has 0 atom stereocenters. The molecule has 21 heavy (non-hydrogen) atoms. The molecule has 0 radical (unpaired) electrons. The Labute approximate surface area is 125 Å². The molecule has 1 saturated carbocycles. The summed E-state index contributed by atoms with van der Waals surface area (Å²) in [6.45, 7) is 1.01. The van der Waals surface area contributed by atoms with E-state index in [1.165, 1.54) is 32.1 Å². The Kier molecular flexibility index (Phi) is 3.92. The zero-order chi connectivity index (χ0) is 14.7. The summed E-state index contributed by atoms with van der Waals surface area (Å²) in [5, 5.41) is 13.4. The first-order valence-corrected chi connectivity index (χ1v) is 7.59. The Morgan fingerprint density at radius 3 is 2.76 bits per heavy atom. The molecule has 0 aliphatic heterocycles. The molecule has 0 amide bonds. The Morgan fingerprint density at radius 1 is 1.24 bits per heavy atom. The monoisotopic (exact) mass is 280 g/mol. The van der Waals surface area contributed by atoms with Gasteiger partial charge in [-0.2, -0.15) is 10.4 Å². The predicted molar refractivity (Wildman–Crippen MR) is 83.4 cm³/mol. The lowest BCUT2D eigenvalue weighted by atomic mass is 9.89. The second kappa shape index (κ2) is 6.01. The molecular weight excluding hydrogens is 260 g/mol. The fourth-order valence-electron chi connectivity index (χ4n) is 3.09. The van der Waals surface area contributed by atoms with Gasteiger partial charge in [0.2, 0.25) is 0 Å². The summed E-state index contributed by atoms with van der Waals surface area (Å²) in [5.74, 6) is 0.762. The largest absolute Gasteiger partial charge is 0.398 e. The van der Waals surface area contributed by atoms with Gasteiger partial charge in [0.15, 0.2) is 0 Å². The second-order valence-electron chi connectivity index (χ2n) is 5.87. The molecule has 0 spiro atoms. The number of benzene rings is 1. The zero-order valence-electron chi connectivity index (χ0n) is 12.1. The van der Waals surface area contributed by atoms with E-state index in [0.29, 0.717) is 11.3 Å². The molecule has 0 saturated heterocycles. The van der Waals surface area contributed by atoms with Crippen LogP contribution in [0, 0.1) is 17.2 Å². The van der Waals surface area contributed by atoms with Crippen molar-refractivity contribution in [3.8, 4) is 17.2 Å². The molecule has 0 unspecified atom stereocenters. The standard InChI is InChI=1S/C17H20N4/c18-9-15-7-6-14(8-17(15)19)16-10-20-21(12-16)11-13-4-2-1-3-5-13/h6-8,10,12-13H,1-5,11,19H2. The van der Waals surface area contributed by atoms with Crippen LogP contribution in [-0.4, -0.2) is 9.78 Å². The number of rotatable bonds is 3. The fraction of sp³-hybridized carbons (Fsp3) is 0.412. The van der Waals surface area contributed by atoms with Crippen molar-refractivity contribution in [1.29, 1.82) is 5.26 Å². The van der Waals surface area contributed by atoms with Gasteiger partial charge < -0.3 is 5.73 Å². The lowest BCUT2D eigenvalue weighted by molar-refractivity contribution is 0.308. The molecule has 3 rings (SSSR count). The summed E-state index contributed by atoms with van der Waals surface area (Å²) in [6, 6.07) is 7.63. The van der Waals surface area contributed by atoms with Gasteiger partial charge in [-0.05, 0) is 36.5 Å². The minimum Gasteiger partial charge on any atom is -0.398 e. The van der Waals surface area contributed by atoms with Crippen molar-refractivity contribution in [2.24, 2.45) is 5.92 Å². The number of nitrogens with two attached hydrogens (primary N) is 1. The minimum absolute atomic E-state index is 0.522. The Hall–Kier alpha value is -2.28. The van der Waals surface area contributed by atoms with Crippen LogP contribution in [0.3, 0.4) is 0 Å². The van der Waals surface area contributed by atoms with Crippen LogP contribution in [0.1, 0.15) is 37.7 Å². The van der Waals surface area contributed by atoms with Crippen molar-refractivity contribution in [3.63, 3.8) is 0 Å². The smallest absolute Gasteiger partial charge is 0.101 e. The van der Waals surface area contributed by atoms with Crippen LogP contribution in [0.15, 0.2) is 30.6 Å². The molecule has 1 aromatic heterocycles. The van der Waals surface area contributed by atoms with Gasteiger partial charge in [0.05, 0.1) is 17.4 Å². The highest BCUT2D eigenvalue weighted by Crippen LogP contribution is 2.27. The molecule has 0 bridgehead atoms. The van der Waals surface area contributed by atoms with Crippen LogP contribution in [-0.2, 0) is 6.54 Å². The van der Waals surface area contributed by atoms with Crippen molar-refractivity contribution in [2.75, 3.05) is 5.73 Å². The highest BCUT2D eigenvalue weighted by molar-refractivity contribution is 5.69. The van der Waals surface area contributed by atoms with E-state index in [-0.39, 0.29) is 0 Å². The number of hydrogen-bond donors (Lipinski definition) is 1. The number of nitrogen functional groups attached to an aromatic ring is 1. The molecule has 1 aromatic carbocycles. The lowest BCUT2D eigenvalue weighted by Gasteiger charge is -2.21. The van der Waals surface area contributed by atoms with Crippen molar-refractivity contribution < 1.29 is 0 Å². The summed E-state index contributed by atoms with van der Waals surface area (Å²) in [7, 11) is 0. The molecule has 1 fully saturated rings. The molecule has 1 aliphatic rings. The van der Waals surface area contributed by atoms with Crippen LogP contribution in [0.5, 0.6) is 0 Å². The van der Waals surface area contributed by atoms with E-state index < -0.39 is 0 Å².